The van der Waals surface area contributed by atoms with Gasteiger partial charge in [-0.1, -0.05) is 137 Å². The Hall–Kier alpha value is -7.66. The molecule has 5 aliphatic rings. The third-order valence-corrected chi connectivity index (χ3v) is 21.3. The molecule has 0 saturated carbocycles. The van der Waals surface area contributed by atoms with Crippen LogP contribution in [0.2, 0.25) is 0 Å². The molecule has 11 rings (SSSR count). The molecule has 7 unspecified atom stereocenters. The van der Waals surface area contributed by atoms with E-state index in [4.69, 9.17) is 23.7 Å². The molecule has 3 saturated heterocycles. The SMILES string of the molecule is CCC(C)(C)C(=O)OC(C(F)(F)F)C(F)(F)S(=O)(=O)[O-].CCC(C)(C)C(=O)OC1C2CC3C(=O)OC1C3O2.CCC(C)(C)C(=O)OC1Cc2ccc(O)cc2C1.CCC(C)(C)C(=O)OC1c2ccccc2-c2ccccc21.c1ccc([S+](c2ccccc2)c2ccccc2)cc1. The van der Waals surface area contributed by atoms with Crippen LogP contribution < -0.4 is 0 Å². The van der Waals surface area contributed by atoms with Crippen molar-refractivity contribution in [3.63, 3.8) is 0 Å². The van der Waals surface area contributed by atoms with Crippen molar-refractivity contribution in [2.45, 2.75) is 197 Å². The number of halogens is 5. The fourth-order valence-electron chi connectivity index (χ4n) is 10.5. The van der Waals surface area contributed by atoms with Gasteiger partial charge >= 0.3 is 41.3 Å². The molecule has 22 heteroatoms. The van der Waals surface area contributed by atoms with E-state index in [0.717, 1.165) is 49.8 Å². The van der Waals surface area contributed by atoms with Gasteiger partial charge in [0, 0.05) is 24.0 Å². The number of carbonyl (C=O) groups excluding carboxylic acids is 5. The Morgan fingerprint density at radius 1 is 0.562 bits per heavy atom. The van der Waals surface area contributed by atoms with Gasteiger partial charge in [0.25, 0.3) is 6.10 Å². The summed E-state index contributed by atoms with van der Waals surface area (Å²) in [5.74, 6) is -2.28. The quantitative estimate of drug-likeness (QED) is 0.0295. The summed E-state index contributed by atoms with van der Waals surface area (Å²) in [6.07, 6.45) is -7.55. The number of alkyl halides is 5. The first-order valence-corrected chi connectivity index (χ1v) is 34.5. The number of rotatable bonds is 17. The van der Waals surface area contributed by atoms with E-state index in [9.17, 15) is 64.0 Å². The van der Waals surface area contributed by atoms with Gasteiger partial charge in [-0.2, -0.15) is 22.0 Å². The first-order valence-electron chi connectivity index (χ1n) is 31.9. The zero-order chi connectivity index (χ0) is 70.9. The van der Waals surface area contributed by atoms with Crippen LogP contribution in [0.1, 0.15) is 144 Å². The lowest BCUT2D eigenvalue weighted by Crippen LogP contribution is -2.53. The minimum absolute atomic E-state index is 0.0146. The van der Waals surface area contributed by atoms with Crippen molar-refractivity contribution in [1.29, 1.82) is 0 Å². The van der Waals surface area contributed by atoms with Crippen LogP contribution in [0, 0.1) is 27.6 Å². The van der Waals surface area contributed by atoms with Crippen LogP contribution in [-0.2, 0) is 86.2 Å². The van der Waals surface area contributed by atoms with Crippen molar-refractivity contribution in [1.82, 2.24) is 0 Å². The third kappa shape index (κ3) is 17.7. The van der Waals surface area contributed by atoms with Gasteiger partial charge in [-0.3, -0.25) is 24.0 Å². The molecule has 1 N–H and O–H groups in total. The molecule has 6 aromatic rings. The molecule has 96 heavy (non-hydrogen) atoms. The molecule has 0 radical (unpaired) electrons. The summed E-state index contributed by atoms with van der Waals surface area (Å²) >= 11 is 0. The molecule has 2 bridgehead atoms. The van der Waals surface area contributed by atoms with E-state index in [1.165, 1.54) is 38.3 Å². The number of phenols is 1. The molecule has 518 valence electrons. The Bertz CT molecular complexity index is 3650. The normalized spacial score (nSPS) is 19.6. The van der Waals surface area contributed by atoms with Crippen molar-refractivity contribution in [2.24, 2.45) is 27.6 Å². The lowest BCUT2D eigenvalue weighted by atomic mass is 9.87. The summed E-state index contributed by atoms with van der Waals surface area (Å²) in [5, 5.41) is 3.61. The van der Waals surface area contributed by atoms with E-state index >= 15 is 0 Å². The monoisotopic (exact) mass is 1370 g/mol. The van der Waals surface area contributed by atoms with Crippen LogP contribution in [0.5, 0.6) is 5.75 Å². The molecule has 0 spiro atoms. The van der Waals surface area contributed by atoms with Crippen molar-refractivity contribution in [3.05, 3.63) is 180 Å². The zero-order valence-electron chi connectivity index (χ0n) is 55.9. The average molecular weight is 1370 g/mol. The second-order valence-corrected chi connectivity index (χ2v) is 30.1. The fraction of sp³-hybridized carbons (Fsp3) is 0.446. The first kappa shape index (κ1) is 75.7. The highest BCUT2D eigenvalue weighted by Crippen LogP contribution is 2.49. The fourth-order valence-corrected chi connectivity index (χ4v) is 13.1. The van der Waals surface area contributed by atoms with E-state index in [0.29, 0.717) is 19.3 Å². The highest BCUT2D eigenvalue weighted by atomic mass is 32.2. The van der Waals surface area contributed by atoms with E-state index in [1.54, 1.807) is 12.1 Å². The Balaban J connectivity index is 0.000000169. The highest BCUT2D eigenvalue weighted by Gasteiger charge is 2.66. The molecule has 0 aromatic heterocycles. The average Bonchev–Trinajstić information content (AvgIpc) is 1.57. The molecule has 7 atom stereocenters. The molecule has 3 aliphatic heterocycles. The number of ether oxygens (including phenoxy) is 6. The van der Waals surface area contributed by atoms with Crippen LogP contribution in [0.25, 0.3) is 11.1 Å². The number of hydrogen-bond acceptors (Lipinski definition) is 15. The smallest absolute Gasteiger partial charge is 0.432 e. The van der Waals surface area contributed by atoms with E-state index in [-0.39, 0.29) is 77.3 Å². The van der Waals surface area contributed by atoms with Crippen molar-refractivity contribution >= 4 is 50.9 Å². The summed E-state index contributed by atoms with van der Waals surface area (Å²) in [6, 6.07) is 53.8. The number of aromatic hydroxyl groups is 1. The minimum atomic E-state index is -6.66. The molecule has 2 aliphatic carbocycles. The van der Waals surface area contributed by atoms with Crippen LogP contribution in [0.4, 0.5) is 22.0 Å². The number of benzene rings is 6. The van der Waals surface area contributed by atoms with Crippen LogP contribution in [0.3, 0.4) is 0 Å². The lowest BCUT2D eigenvalue weighted by molar-refractivity contribution is -0.262. The third-order valence-electron chi connectivity index (χ3n) is 18.2. The molecule has 3 heterocycles. The second kappa shape index (κ2) is 30.8. The van der Waals surface area contributed by atoms with Crippen molar-refractivity contribution in [2.75, 3.05) is 0 Å². The van der Waals surface area contributed by atoms with Crippen molar-refractivity contribution in [3.8, 4) is 16.9 Å². The maximum atomic E-state index is 13.0. The van der Waals surface area contributed by atoms with E-state index in [2.05, 4.69) is 108 Å². The van der Waals surface area contributed by atoms with Gasteiger partial charge < -0.3 is 38.1 Å². The standard InChI is InChI=1S/C19H20O2.C18H15S.C15H20O3.C13H18O5.C9H13F5O5S/c1-4-19(2,3)18(20)21-17-15-11-7-5-9-13(15)14-10-6-8-12-16(14)17;1-4-10-16(11-5-1)19(17-12-6-2-7-13-17)18-14-8-3-9-15-18;1-4-15(2,3)14(17)18-13-8-10-5-6-12(16)7-11(10)9-13;1-4-13(2,3)12(15)18-9-7-5-6-8(16-7)10(9)17-11(6)14;1-4-7(2,3)6(15)19-5(8(10,11)12)9(13,14)20(16,17)18/h5-12,17H,4H2,1-3H3;1-15H;5-7,13,16H,4,8-9H2,1-3H3;6-10H,4-5H2,1-3H3;5H,4H2,1-3H3,(H,16,17,18)/q;+1;;;/p-1. The minimum Gasteiger partial charge on any atom is -0.743 e. The molecule has 3 fully saturated rings. The first-order chi connectivity index (χ1) is 44.9. The highest BCUT2D eigenvalue weighted by molar-refractivity contribution is 7.97. The Morgan fingerprint density at radius 2 is 0.969 bits per heavy atom. The topological polar surface area (TPSA) is 218 Å². The van der Waals surface area contributed by atoms with Gasteiger partial charge in [-0.15, -0.1) is 0 Å². The predicted octanol–water partition coefficient (Wildman–Crippen LogP) is 15.4. The number of hydrogen-bond donors (Lipinski definition) is 1. The van der Waals surface area contributed by atoms with Crippen LogP contribution >= 0.6 is 0 Å². The maximum absolute atomic E-state index is 13.0. The predicted molar refractivity (Wildman–Crippen MR) is 350 cm³/mol. The van der Waals surface area contributed by atoms with Gasteiger partial charge in [0.2, 0.25) is 0 Å². The van der Waals surface area contributed by atoms with Crippen LogP contribution in [0.15, 0.2) is 172 Å². The molecule has 0 amide bonds. The van der Waals surface area contributed by atoms with E-state index in [1.807, 2.05) is 105 Å². The largest absolute Gasteiger partial charge is 0.743 e. The Kier molecular flexibility index (Phi) is 24.3. The van der Waals surface area contributed by atoms with Gasteiger partial charge in [0.15, 0.2) is 43.1 Å². The van der Waals surface area contributed by atoms with E-state index < -0.39 is 67.5 Å². The van der Waals surface area contributed by atoms with Gasteiger partial charge in [-0.05, 0) is 158 Å². The maximum Gasteiger partial charge on any atom is 0.432 e. The van der Waals surface area contributed by atoms with Gasteiger partial charge in [0.1, 0.15) is 18.0 Å². The second-order valence-electron chi connectivity index (χ2n) is 26.6. The van der Waals surface area contributed by atoms with Crippen LogP contribution in [-0.4, -0.2) is 96.0 Å². The Morgan fingerprint density at radius 3 is 1.41 bits per heavy atom. The van der Waals surface area contributed by atoms with Gasteiger partial charge in [-0.25, -0.2) is 8.42 Å². The Labute approximate surface area is 561 Å². The summed E-state index contributed by atoms with van der Waals surface area (Å²) in [6.45, 7) is 21.0. The molecular weight excluding hydrogens is 1290 g/mol. The summed E-state index contributed by atoms with van der Waals surface area (Å²) in [5.41, 5.74) is 3.82. The molecule has 15 nitrogen and oxygen atoms in total. The molecular formula is C74H85F5O15S2. The van der Waals surface area contributed by atoms with Gasteiger partial charge in [0.05, 0.1) is 44.6 Å². The lowest BCUT2D eigenvalue weighted by Gasteiger charge is -2.32. The number of esters is 5. The molecule has 6 aromatic carbocycles. The summed E-state index contributed by atoms with van der Waals surface area (Å²) < 4.78 is 126. The number of carbonyl (C=O) groups is 5. The summed E-state index contributed by atoms with van der Waals surface area (Å²) in [4.78, 5) is 63.5. The number of phenolic OH excluding ortho intramolecular Hbond substituents is 1. The summed E-state index contributed by atoms with van der Waals surface area (Å²) in [7, 11) is -6.68. The number of fused-ring (bicyclic) bond motifs is 5. The zero-order valence-corrected chi connectivity index (χ0v) is 57.6. The van der Waals surface area contributed by atoms with Crippen molar-refractivity contribution < 1.29 is 92.4 Å².